The molecule has 0 radical (unpaired) electrons. The van der Waals surface area contributed by atoms with Gasteiger partial charge in [-0.3, -0.25) is 0 Å². The van der Waals surface area contributed by atoms with Gasteiger partial charge >= 0.3 is 5.97 Å². The van der Waals surface area contributed by atoms with E-state index in [1.807, 2.05) is 0 Å². The van der Waals surface area contributed by atoms with E-state index in [0.29, 0.717) is 0 Å². The van der Waals surface area contributed by atoms with Crippen LogP contribution in [0.3, 0.4) is 0 Å². The van der Waals surface area contributed by atoms with E-state index in [-0.39, 0.29) is 5.57 Å². The van der Waals surface area contributed by atoms with Gasteiger partial charge in [-0.2, -0.15) is 0 Å². The van der Waals surface area contributed by atoms with E-state index in [2.05, 4.69) is 13.2 Å². The summed E-state index contributed by atoms with van der Waals surface area (Å²) in [5, 5.41) is 8.34. The van der Waals surface area contributed by atoms with Crippen molar-refractivity contribution in [3.63, 3.8) is 0 Å². The maximum atomic E-state index is 10.2. The number of carbonyl (C=O) groups is 1. The summed E-state index contributed by atoms with van der Waals surface area (Å²) in [7, 11) is 0. The highest BCUT2D eigenvalue weighted by atomic mass is 16.4. The first-order valence-corrected chi connectivity index (χ1v) is 2.56. The Morgan fingerprint density at radius 3 is 2.10 bits per heavy atom. The minimum atomic E-state index is -1.51. The predicted octanol–water partition coefficient (Wildman–Crippen LogP) is -0.573. The monoisotopic (exact) mass is 142 g/mol. The van der Waals surface area contributed by atoms with Crippen LogP contribution < -0.4 is 11.5 Å². The molecule has 0 bridgehead atoms. The van der Waals surface area contributed by atoms with Crippen molar-refractivity contribution >= 4 is 5.97 Å². The Hall–Kier alpha value is -1.13. The summed E-state index contributed by atoms with van der Waals surface area (Å²) in [6, 6.07) is 0. The minimum Gasteiger partial charge on any atom is -0.478 e. The van der Waals surface area contributed by atoms with Gasteiger partial charge in [-0.1, -0.05) is 19.2 Å². The lowest BCUT2D eigenvalue weighted by Gasteiger charge is -2.18. The fourth-order valence-electron chi connectivity index (χ4n) is 0.308. The fourth-order valence-corrected chi connectivity index (χ4v) is 0.308. The highest BCUT2D eigenvalue weighted by Gasteiger charge is 2.23. The van der Waals surface area contributed by atoms with Crippen molar-refractivity contribution in [1.29, 1.82) is 0 Å². The Bertz CT molecular complexity index is 184. The van der Waals surface area contributed by atoms with E-state index in [1.165, 1.54) is 0 Å². The van der Waals surface area contributed by atoms with Crippen molar-refractivity contribution in [1.82, 2.24) is 0 Å². The van der Waals surface area contributed by atoms with Gasteiger partial charge in [0.1, 0.15) is 5.66 Å². The average Bonchev–Trinajstić information content (AvgIpc) is 1.86. The maximum absolute atomic E-state index is 10.2. The second kappa shape index (κ2) is 2.64. The lowest BCUT2D eigenvalue weighted by Crippen LogP contribution is -2.50. The summed E-state index contributed by atoms with van der Waals surface area (Å²) < 4.78 is 0. The molecule has 5 N–H and O–H groups in total. The Balaban J connectivity index is 4.49. The Morgan fingerprint density at radius 1 is 1.60 bits per heavy atom. The fraction of sp³-hybridized carbons (Fsp3) is 0.167. The van der Waals surface area contributed by atoms with Crippen LogP contribution in [-0.4, -0.2) is 16.7 Å². The molecule has 10 heavy (non-hydrogen) atoms. The zero-order valence-corrected chi connectivity index (χ0v) is 5.50. The van der Waals surface area contributed by atoms with Crippen LogP contribution in [0.25, 0.3) is 0 Å². The first-order valence-electron chi connectivity index (χ1n) is 2.56. The summed E-state index contributed by atoms with van der Waals surface area (Å²) in [4.78, 5) is 10.2. The Labute approximate surface area is 58.8 Å². The number of hydrogen-bond acceptors (Lipinski definition) is 3. The second-order valence-corrected chi connectivity index (χ2v) is 1.92. The first-order chi connectivity index (χ1) is 4.41. The summed E-state index contributed by atoms with van der Waals surface area (Å²) in [6.07, 6.45) is 1.13. The van der Waals surface area contributed by atoms with Gasteiger partial charge in [-0.05, 0) is 0 Å². The van der Waals surface area contributed by atoms with Crippen molar-refractivity contribution in [3.8, 4) is 0 Å². The van der Waals surface area contributed by atoms with Crippen LogP contribution in [-0.2, 0) is 4.79 Å². The summed E-state index contributed by atoms with van der Waals surface area (Å²) in [5.41, 5.74) is 8.70. The van der Waals surface area contributed by atoms with Gasteiger partial charge in [-0.15, -0.1) is 0 Å². The topological polar surface area (TPSA) is 89.3 Å². The van der Waals surface area contributed by atoms with Gasteiger partial charge in [0, 0.05) is 0 Å². The number of aliphatic carboxylic acids is 1. The van der Waals surface area contributed by atoms with E-state index >= 15 is 0 Å². The highest BCUT2D eigenvalue weighted by molar-refractivity contribution is 5.88. The molecule has 4 nitrogen and oxygen atoms in total. The van der Waals surface area contributed by atoms with Crippen LogP contribution in [0.1, 0.15) is 0 Å². The van der Waals surface area contributed by atoms with Crippen LogP contribution in [0, 0.1) is 0 Å². The molecule has 0 aliphatic rings. The molecule has 0 spiro atoms. The molecule has 0 amide bonds. The zero-order valence-electron chi connectivity index (χ0n) is 5.50. The molecule has 56 valence electrons. The standard InChI is InChI=1S/C6H10N2O2/c1-3-6(7,8)4(2)5(9)10/h3H,1-2,7-8H2,(H,9,10). The van der Waals surface area contributed by atoms with E-state index < -0.39 is 11.6 Å². The van der Waals surface area contributed by atoms with E-state index in [4.69, 9.17) is 16.6 Å². The summed E-state index contributed by atoms with van der Waals surface area (Å²) >= 11 is 0. The highest BCUT2D eigenvalue weighted by Crippen LogP contribution is 2.05. The smallest absolute Gasteiger partial charge is 0.334 e. The van der Waals surface area contributed by atoms with Gasteiger partial charge in [0.2, 0.25) is 0 Å². The Morgan fingerprint density at radius 2 is 2.00 bits per heavy atom. The van der Waals surface area contributed by atoms with Gasteiger partial charge < -0.3 is 16.6 Å². The molecule has 0 heterocycles. The molecule has 0 aromatic heterocycles. The molecule has 0 aliphatic carbocycles. The van der Waals surface area contributed by atoms with Crippen molar-refractivity contribution in [3.05, 3.63) is 24.8 Å². The largest absolute Gasteiger partial charge is 0.478 e. The number of carboxylic acid groups (broad SMARTS) is 1. The molecule has 0 rings (SSSR count). The van der Waals surface area contributed by atoms with Crippen molar-refractivity contribution in [2.24, 2.45) is 11.5 Å². The van der Waals surface area contributed by atoms with Crippen LogP contribution in [0.15, 0.2) is 24.8 Å². The van der Waals surface area contributed by atoms with Gasteiger partial charge in [0.15, 0.2) is 0 Å². The molecule has 0 unspecified atom stereocenters. The molecule has 0 saturated carbocycles. The van der Waals surface area contributed by atoms with Crippen molar-refractivity contribution in [2.45, 2.75) is 5.66 Å². The van der Waals surface area contributed by atoms with Crippen molar-refractivity contribution in [2.75, 3.05) is 0 Å². The van der Waals surface area contributed by atoms with E-state index in [1.54, 1.807) is 0 Å². The summed E-state index contributed by atoms with van der Waals surface area (Å²) in [5.74, 6) is -1.22. The molecule has 0 aromatic carbocycles. The molecular weight excluding hydrogens is 132 g/mol. The zero-order chi connectivity index (χ0) is 8.36. The van der Waals surface area contributed by atoms with Crippen LogP contribution in [0.5, 0.6) is 0 Å². The predicted molar refractivity (Wildman–Crippen MR) is 38.1 cm³/mol. The van der Waals surface area contributed by atoms with E-state index in [0.717, 1.165) is 6.08 Å². The van der Waals surface area contributed by atoms with Crippen LogP contribution >= 0.6 is 0 Å². The number of nitrogens with two attached hydrogens (primary N) is 2. The molecule has 0 atom stereocenters. The average molecular weight is 142 g/mol. The SMILES string of the molecule is C=CC(N)(N)C(=C)C(=O)O. The third-order valence-electron chi connectivity index (χ3n) is 1.12. The number of carboxylic acids is 1. The maximum Gasteiger partial charge on any atom is 0.334 e. The lowest BCUT2D eigenvalue weighted by atomic mass is 10.0. The minimum absolute atomic E-state index is 0.275. The molecule has 0 aliphatic heterocycles. The van der Waals surface area contributed by atoms with Crippen LogP contribution in [0.2, 0.25) is 0 Å². The molecule has 0 saturated heterocycles. The third kappa shape index (κ3) is 1.68. The van der Waals surface area contributed by atoms with Gasteiger partial charge in [0.25, 0.3) is 0 Å². The third-order valence-corrected chi connectivity index (χ3v) is 1.12. The van der Waals surface area contributed by atoms with Crippen LogP contribution in [0.4, 0.5) is 0 Å². The normalized spacial score (nSPS) is 10.6. The molecular formula is C6H10N2O2. The molecule has 4 heteroatoms. The van der Waals surface area contributed by atoms with E-state index in [9.17, 15) is 4.79 Å². The van der Waals surface area contributed by atoms with Crippen molar-refractivity contribution < 1.29 is 9.90 Å². The lowest BCUT2D eigenvalue weighted by molar-refractivity contribution is -0.133. The number of rotatable bonds is 3. The molecule has 0 aromatic rings. The quantitative estimate of drug-likeness (QED) is 0.279. The number of hydrogen-bond donors (Lipinski definition) is 3. The molecule has 0 fully saturated rings. The van der Waals surface area contributed by atoms with Gasteiger partial charge in [0.05, 0.1) is 5.57 Å². The second-order valence-electron chi connectivity index (χ2n) is 1.92. The first kappa shape index (κ1) is 8.87. The Kier molecular flexibility index (Phi) is 2.34. The van der Waals surface area contributed by atoms with Gasteiger partial charge in [-0.25, -0.2) is 4.79 Å². The summed E-state index contributed by atoms with van der Waals surface area (Å²) in [6.45, 7) is 6.44.